The van der Waals surface area contributed by atoms with Crippen LogP contribution in [0.2, 0.25) is 0 Å². The first kappa shape index (κ1) is 16.5. The third-order valence-electron chi connectivity index (χ3n) is 3.02. The fourth-order valence-corrected chi connectivity index (χ4v) is 1.76. The van der Waals surface area contributed by atoms with Gasteiger partial charge in [-0.1, -0.05) is 18.2 Å². The van der Waals surface area contributed by atoms with E-state index in [0.29, 0.717) is 5.56 Å². The van der Waals surface area contributed by atoms with Gasteiger partial charge >= 0.3 is 0 Å². The molecule has 2 aromatic rings. The van der Waals surface area contributed by atoms with Crippen LogP contribution in [0.5, 0.6) is 11.5 Å². The van der Waals surface area contributed by atoms with Crippen LogP contribution in [0.15, 0.2) is 53.6 Å². The Morgan fingerprint density at radius 3 is 2.70 bits per heavy atom. The van der Waals surface area contributed by atoms with Gasteiger partial charge in [0.2, 0.25) is 0 Å². The number of ether oxygens (including phenoxy) is 1. The van der Waals surface area contributed by atoms with Gasteiger partial charge in [0.15, 0.2) is 5.60 Å². The zero-order valence-electron chi connectivity index (χ0n) is 12.8. The van der Waals surface area contributed by atoms with Gasteiger partial charge in [-0.2, -0.15) is 5.10 Å². The average Bonchev–Trinajstić information content (AvgIpc) is 2.48. The molecule has 23 heavy (non-hydrogen) atoms. The summed E-state index contributed by atoms with van der Waals surface area (Å²) in [6.45, 7) is 3.09. The fraction of sp³-hybridized carbons (Fsp3) is 0.176. The zero-order chi connectivity index (χ0) is 16.9. The molecule has 2 rings (SSSR count). The predicted molar refractivity (Wildman–Crippen MR) is 85.0 cm³/mol. The number of halogens is 1. The van der Waals surface area contributed by atoms with Gasteiger partial charge in [0.25, 0.3) is 5.91 Å². The molecule has 0 bridgehead atoms. The van der Waals surface area contributed by atoms with E-state index < -0.39 is 17.3 Å². The molecule has 5 nitrogen and oxygen atoms in total. The Morgan fingerprint density at radius 1 is 1.26 bits per heavy atom. The summed E-state index contributed by atoms with van der Waals surface area (Å²) < 4.78 is 18.6. The van der Waals surface area contributed by atoms with Gasteiger partial charge in [-0.15, -0.1) is 0 Å². The lowest BCUT2D eigenvalue weighted by molar-refractivity contribution is -0.134. The molecular weight excluding hydrogens is 299 g/mol. The number of amides is 1. The maximum Gasteiger partial charge on any atom is 0.283 e. The van der Waals surface area contributed by atoms with Crippen molar-refractivity contribution < 1.29 is 19.0 Å². The lowest BCUT2D eigenvalue weighted by Crippen LogP contribution is -2.44. The number of carbonyl (C=O) groups excluding carboxylic acids is 1. The summed E-state index contributed by atoms with van der Waals surface area (Å²) in [7, 11) is 0. The average molecular weight is 316 g/mol. The van der Waals surface area contributed by atoms with Crippen molar-refractivity contribution >= 4 is 12.1 Å². The quantitative estimate of drug-likeness (QED) is 0.658. The number of hydrazone groups is 1. The Kier molecular flexibility index (Phi) is 4.95. The number of aromatic hydroxyl groups is 1. The number of hydrogen-bond acceptors (Lipinski definition) is 4. The minimum Gasteiger partial charge on any atom is -0.507 e. The molecule has 0 saturated carbocycles. The second-order valence-electron chi connectivity index (χ2n) is 5.33. The van der Waals surface area contributed by atoms with E-state index in [-0.39, 0.29) is 11.5 Å². The number of phenols is 1. The number of nitrogens with one attached hydrogen (secondary N) is 1. The summed E-state index contributed by atoms with van der Waals surface area (Å²) in [6, 6.07) is 12.1. The third kappa shape index (κ3) is 4.54. The molecular formula is C17H17FN2O3. The molecule has 0 aromatic heterocycles. The molecule has 0 unspecified atom stereocenters. The maximum absolute atomic E-state index is 13.1. The van der Waals surface area contributed by atoms with Crippen molar-refractivity contribution in [2.75, 3.05) is 0 Å². The van der Waals surface area contributed by atoms with E-state index in [9.17, 15) is 14.3 Å². The van der Waals surface area contributed by atoms with Crippen LogP contribution in [0.3, 0.4) is 0 Å². The second-order valence-corrected chi connectivity index (χ2v) is 5.33. The molecule has 0 aliphatic rings. The van der Waals surface area contributed by atoms with Crippen LogP contribution >= 0.6 is 0 Å². The monoisotopic (exact) mass is 316 g/mol. The van der Waals surface area contributed by atoms with E-state index >= 15 is 0 Å². The van der Waals surface area contributed by atoms with Crippen LogP contribution < -0.4 is 10.2 Å². The normalized spacial score (nSPS) is 11.4. The lowest BCUT2D eigenvalue weighted by atomic mass is 10.1. The summed E-state index contributed by atoms with van der Waals surface area (Å²) >= 11 is 0. The summed E-state index contributed by atoms with van der Waals surface area (Å²) in [5.41, 5.74) is 1.56. The molecule has 0 saturated heterocycles. The van der Waals surface area contributed by atoms with Gasteiger partial charge in [0, 0.05) is 11.6 Å². The highest BCUT2D eigenvalue weighted by atomic mass is 19.1. The molecule has 2 aromatic carbocycles. The highest BCUT2D eigenvalue weighted by Crippen LogP contribution is 2.19. The van der Waals surface area contributed by atoms with Gasteiger partial charge in [-0.05, 0) is 38.1 Å². The molecule has 0 spiro atoms. The molecule has 6 heteroatoms. The number of para-hydroxylation sites is 1. The highest BCUT2D eigenvalue weighted by molar-refractivity contribution is 5.87. The Morgan fingerprint density at radius 2 is 2.00 bits per heavy atom. The van der Waals surface area contributed by atoms with Crippen molar-refractivity contribution in [3.8, 4) is 11.5 Å². The smallest absolute Gasteiger partial charge is 0.283 e. The van der Waals surface area contributed by atoms with Crippen molar-refractivity contribution in [1.82, 2.24) is 5.43 Å². The predicted octanol–water partition coefficient (Wildman–Crippen LogP) is 2.84. The molecule has 0 fully saturated rings. The van der Waals surface area contributed by atoms with E-state index in [1.807, 2.05) is 0 Å². The van der Waals surface area contributed by atoms with E-state index in [2.05, 4.69) is 10.5 Å². The Hall–Kier alpha value is -2.89. The SMILES string of the molecule is CC(C)(Oc1cccc(F)c1)C(=O)NN=Cc1ccccc1O. The van der Waals surface area contributed by atoms with Gasteiger partial charge in [0.1, 0.15) is 17.3 Å². The largest absolute Gasteiger partial charge is 0.507 e. The van der Waals surface area contributed by atoms with Crippen LogP contribution in [0.4, 0.5) is 4.39 Å². The molecule has 0 atom stereocenters. The summed E-state index contributed by atoms with van der Waals surface area (Å²) in [4.78, 5) is 12.1. The molecule has 1 amide bonds. The van der Waals surface area contributed by atoms with Gasteiger partial charge in [0.05, 0.1) is 6.21 Å². The first-order chi connectivity index (χ1) is 10.9. The number of hydrogen-bond donors (Lipinski definition) is 2. The molecule has 0 radical (unpaired) electrons. The first-order valence-electron chi connectivity index (χ1n) is 6.94. The van der Waals surface area contributed by atoms with Crippen LogP contribution in [0.1, 0.15) is 19.4 Å². The van der Waals surface area contributed by atoms with E-state index in [4.69, 9.17) is 4.74 Å². The van der Waals surface area contributed by atoms with E-state index in [1.54, 1.807) is 38.1 Å². The minimum atomic E-state index is -1.25. The van der Waals surface area contributed by atoms with Gasteiger partial charge in [-0.3, -0.25) is 4.79 Å². The van der Waals surface area contributed by atoms with Crippen molar-refractivity contribution in [3.05, 3.63) is 59.9 Å². The van der Waals surface area contributed by atoms with Crippen LogP contribution in [-0.2, 0) is 4.79 Å². The number of phenolic OH excluding ortho intramolecular Hbond substituents is 1. The van der Waals surface area contributed by atoms with Crippen molar-refractivity contribution in [3.63, 3.8) is 0 Å². The zero-order valence-corrected chi connectivity index (χ0v) is 12.8. The van der Waals surface area contributed by atoms with Crippen molar-refractivity contribution in [1.29, 1.82) is 0 Å². The summed E-state index contributed by atoms with van der Waals surface area (Å²) in [5, 5.41) is 13.4. The minimum absolute atomic E-state index is 0.0563. The number of carbonyl (C=O) groups is 1. The number of rotatable bonds is 5. The van der Waals surface area contributed by atoms with Crippen LogP contribution in [0, 0.1) is 5.82 Å². The van der Waals surface area contributed by atoms with Crippen LogP contribution in [0.25, 0.3) is 0 Å². The van der Waals surface area contributed by atoms with Crippen molar-refractivity contribution in [2.24, 2.45) is 5.10 Å². The first-order valence-corrected chi connectivity index (χ1v) is 6.94. The van der Waals surface area contributed by atoms with Gasteiger partial charge in [-0.25, -0.2) is 9.82 Å². The van der Waals surface area contributed by atoms with E-state index in [1.165, 1.54) is 30.5 Å². The molecule has 0 aliphatic heterocycles. The Bertz CT molecular complexity index is 729. The van der Waals surface area contributed by atoms with Gasteiger partial charge < -0.3 is 9.84 Å². The number of benzene rings is 2. The van der Waals surface area contributed by atoms with Crippen molar-refractivity contribution in [2.45, 2.75) is 19.4 Å². The maximum atomic E-state index is 13.1. The molecule has 2 N–H and O–H groups in total. The molecule has 0 aliphatic carbocycles. The third-order valence-corrected chi connectivity index (χ3v) is 3.02. The van der Waals surface area contributed by atoms with Crippen LogP contribution in [-0.4, -0.2) is 22.8 Å². The summed E-state index contributed by atoms with van der Waals surface area (Å²) in [6.07, 6.45) is 1.32. The lowest BCUT2D eigenvalue weighted by Gasteiger charge is -2.24. The Balaban J connectivity index is 2.00. The Labute approximate surface area is 133 Å². The number of nitrogens with zero attached hydrogens (tertiary/aromatic N) is 1. The topological polar surface area (TPSA) is 70.9 Å². The molecule has 0 heterocycles. The second kappa shape index (κ2) is 6.91. The molecule has 120 valence electrons. The standard InChI is InChI=1S/C17H17FN2O3/c1-17(2,23-14-8-5-7-13(18)10-14)16(22)20-19-11-12-6-3-4-9-15(12)21/h3-11,21H,1-2H3,(H,20,22). The highest BCUT2D eigenvalue weighted by Gasteiger charge is 2.30. The van der Waals surface area contributed by atoms with E-state index in [0.717, 1.165) is 0 Å². The fourth-order valence-electron chi connectivity index (χ4n) is 1.76. The summed E-state index contributed by atoms with van der Waals surface area (Å²) in [5.74, 6) is -0.652.